The molecule has 4 heterocycles. The van der Waals surface area contributed by atoms with E-state index in [1.807, 2.05) is 24.3 Å². The van der Waals surface area contributed by atoms with E-state index in [0.29, 0.717) is 42.3 Å². The number of nitrogens with one attached hydrogen (secondary N) is 2. The molecule has 4 aromatic rings. The summed E-state index contributed by atoms with van der Waals surface area (Å²) in [5, 5.41) is 3.92. The molecule has 2 N–H and O–H groups in total. The number of aromatic amines is 1. The first-order chi connectivity index (χ1) is 17.7. The SMILES string of the molecule is COC1CC(CNC(=O)c2cc(OC[C@H]3CCCN3c3ncnc4nc[nH]c34)c3ccccc3n2)C1. The number of ether oxygens (including phenoxy) is 2. The lowest BCUT2D eigenvalue weighted by atomic mass is 9.82. The summed E-state index contributed by atoms with van der Waals surface area (Å²) in [6.07, 6.45) is 7.49. The third-order valence-electron chi connectivity index (χ3n) is 7.27. The van der Waals surface area contributed by atoms with Crippen LogP contribution in [-0.2, 0) is 4.74 Å². The fraction of sp³-hybridized carbons (Fsp3) is 0.423. The number of aromatic nitrogens is 5. The van der Waals surface area contributed by atoms with Crippen molar-refractivity contribution in [1.29, 1.82) is 0 Å². The number of amides is 1. The summed E-state index contributed by atoms with van der Waals surface area (Å²) in [6, 6.07) is 9.66. The van der Waals surface area contributed by atoms with Gasteiger partial charge in [-0.15, -0.1) is 0 Å². The van der Waals surface area contributed by atoms with Crippen LogP contribution in [0.15, 0.2) is 43.0 Å². The molecule has 2 fully saturated rings. The Hall–Kier alpha value is -3.79. The van der Waals surface area contributed by atoms with Crippen LogP contribution in [0, 0.1) is 5.92 Å². The monoisotopic (exact) mass is 487 g/mol. The minimum absolute atomic E-state index is 0.142. The van der Waals surface area contributed by atoms with Crippen molar-refractivity contribution in [2.75, 3.05) is 31.7 Å². The number of carbonyl (C=O) groups is 1. The molecule has 1 aromatic carbocycles. The maximum atomic E-state index is 12.9. The average molecular weight is 488 g/mol. The summed E-state index contributed by atoms with van der Waals surface area (Å²) in [7, 11) is 1.73. The zero-order valence-corrected chi connectivity index (χ0v) is 20.2. The van der Waals surface area contributed by atoms with Crippen LogP contribution in [-0.4, -0.2) is 69.8 Å². The minimum Gasteiger partial charge on any atom is -0.491 e. The van der Waals surface area contributed by atoms with E-state index in [-0.39, 0.29) is 11.9 Å². The van der Waals surface area contributed by atoms with Crippen molar-refractivity contribution >= 4 is 33.8 Å². The number of H-pyrrole nitrogens is 1. The molecule has 1 atom stereocenters. The number of pyridine rings is 1. The van der Waals surface area contributed by atoms with E-state index < -0.39 is 0 Å². The Bertz CT molecular complexity index is 1380. The van der Waals surface area contributed by atoms with Crippen molar-refractivity contribution < 1.29 is 14.3 Å². The quantitative estimate of drug-likeness (QED) is 0.389. The highest BCUT2D eigenvalue weighted by Gasteiger charge is 2.30. The van der Waals surface area contributed by atoms with E-state index in [9.17, 15) is 4.79 Å². The van der Waals surface area contributed by atoms with Gasteiger partial charge in [0.25, 0.3) is 5.91 Å². The number of hydrogen-bond acceptors (Lipinski definition) is 8. The molecule has 1 amide bonds. The third kappa shape index (κ3) is 4.32. The number of carbonyl (C=O) groups excluding carboxylic acids is 1. The number of fused-ring (bicyclic) bond motifs is 2. The Morgan fingerprint density at radius 2 is 2.11 bits per heavy atom. The summed E-state index contributed by atoms with van der Waals surface area (Å²) in [4.78, 5) is 36.0. The standard InChI is InChI=1S/C26H29N7O3/c1-35-18-9-16(10-18)12-27-26(34)21-11-22(19-6-2-3-7-20(19)32-21)36-13-17-5-4-8-33(17)25-23-24(29-14-28-23)30-15-31-25/h2-3,6-7,11,14-18H,4-5,8-10,12-13H2,1H3,(H,27,34)(H,28,29,30,31)/t16?,17-,18?/m1/s1. The molecule has 6 rings (SSSR count). The first-order valence-electron chi connectivity index (χ1n) is 12.4. The van der Waals surface area contributed by atoms with Crippen molar-refractivity contribution in [1.82, 2.24) is 30.2 Å². The van der Waals surface area contributed by atoms with E-state index in [1.54, 1.807) is 25.8 Å². The second-order valence-corrected chi connectivity index (χ2v) is 9.53. The van der Waals surface area contributed by atoms with Crippen LogP contribution in [0.2, 0.25) is 0 Å². The van der Waals surface area contributed by atoms with E-state index in [2.05, 4.69) is 35.1 Å². The van der Waals surface area contributed by atoms with E-state index >= 15 is 0 Å². The molecule has 1 saturated carbocycles. The minimum atomic E-state index is -0.184. The van der Waals surface area contributed by atoms with Crippen molar-refractivity contribution in [3.8, 4) is 5.75 Å². The molecule has 10 nitrogen and oxygen atoms in total. The number of para-hydroxylation sites is 1. The van der Waals surface area contributed by atoms with Gasteiger partial charge in [-0.3, -0.25) is 4.79 Å². The van der Waals surface area contributed by atoms with Gasteiger partial charge in [0.15, 0.2) is 11.5 Å². The van der Waals surface area contributed by atoms with Crippen molar-refractivity contribution in [3.63, 3.8) is 0 Å². The first kappa shape index (κ1) is 22.7. The lowest BCUT2D eigenvalue weighted by Gasteiger charge is -2.34. The Kier molecular flexibility index (Phi) is 6.10. The smallest absolute Gasteiger partial charge is 0.270 e. The Morgan fingerprint density at radius 1 is 1.22 bits per heavy atom. The summed E-state index contributed by atoms with van der Waals surface area (Å²) in [5.74, 6) is 1.77. The number of anilines is 1. The summed E-state index contributed by atoms with van der Waals surface area (Å²) in [5.41, 5.74) is 2.59. The van der Waals surface area contributed by atoms with Gasteiger partial charge < -0.3 is 24.7 Å². The lowest BCUT2D eigenvalue weighted by molar-refractivity contribution is 0.00178. The van der Waals surface area contributed by atoms with Gasteiger partial charge in [0, 0.05) is 31.7 Å². The number of benzene rings is 1. The van der Waals surface area contributed by atoms with Gasteiger partial charge in [-0.1, -0.05) is 12.1 Å². The highest BCUT2D eigenvalue weighted by atomic mass is 16.5. The fourth-order valence-electron chi connectivity index (χ4n) is 5.18. The lowest BCUT2D eigenvalue weighted by Crippen LogP contribution is -2.39. The Morgan fingerprint density at radius 3 is 3.00 bits per heavy atom. The average Bonchev–Trinajstić information content (AvgIpc) is 3.55. The Labute approximate surface area is 208 Å². The number of imidazole rings is 1. The summed E-state index contributed by atoms with van der Waals surface area (Å²) < 4.78 is 11.7. The van der Waals surface area contributed by atoms with Gasteiger partial charge in [-0.25, -0.2) is 19.9 Å². The largest absolute Gasteiger partial charge is 0.491 e. The van der Waals surface area contributed by atoms with Crippen LogP contribution >= 0.6 is 0 Å². The van der Waals surface area contributed by atoms with E-state index in [4.69, 9.17) is 9.47 Å². The van der Waals surface area contributed by atoms with Gasteiger partial charge in [-0.05, 0) is 43.7 Å². The second-order valence-electron chi connectivity index (χ2n) is 9.53. The van der Waals surface area contributed by atoms with E-state index in [0.717, 1.165) is 54.5 Å². The molecule has 0 bridgehead atoms. The molecule has 186 valence electrons. The van der Waals surface area contributed by atoms with Crippen molar-refractivity contribution in [3.05, 3.63) is 48.7 Å². The van der Waals surface area contributed by atoms with Crippen LogP contribution in [0.5, 0.6) is 5.75 Å². The molecule has 0 radical (unpaired) electrons. The molecule has 3 aromatic heterocycles. The van der Waals surface area contributed by atoms with Gasteiger partial charge in [0.2, 0.25) is 0 Å². The normalized spacial score (nSPS) is 21.6. The maximum absolute atomic E-state index is 12.9. The molecule has 0 spiro atoms. The predicted octanol–water partition coefficient (Wildman–Crippen LogP) is 3.10. The van der Waals surface area contributed by atoms with Gasteiger partial charge >= 0.3 is 0 Å². The molecule has 0 unspecified atom stereocenters. The molecule has 36 heavy (non-hydrogen) atoms. The fourth-order valence-corrected chi connectivity index (χ4v) is 5.18. The van der Waals surface area contributed by atoms with Crippen LogP contribution in [0.3, 0.4) is 0 Å². The van der Waals surface area contributed by atoms with E-state index in [1.165, 1.54) is 0 Å². The van der Waals surface area contributed by atoms with Crippen LogP contribution in [0.25, 0.3) is 22.1 Å². The summed E-state index contributed by atoms with van der Waals surface area (Å²) in [6.45, 7) is 1.98. The topological polar surface area (TPSA) is 118 Å². The maximum Gasteiger partial charge on any atom is 0.270 e. The molecule has 10 heteroatoms. The van der Waals surface area contributed by atoms with Crippen LogP contribution < -0.4 is 15.0 Å². The molecule has 1 saturated heterocycles. The zero-order chi connectivity index (χ0) is 24.5. The van der Waals surface area contributed by atoms with Crippen molar-refractivity contribution in [2.45, 2.75) is 37.8 Å². The van der Waals surface area contributed by atoms with Gasteiger partial charge in [-0.2, -0.15) is 0 Å². The molecular formula is C26H29N7O3. The van der Waals surface area contributed by atoms with Gasteiger partial charge in [0.05, 0.1) is 24.0 Å². The highest BCUT2D eigenvalue weighted by Crippen LogP contribution is 2.31. The Balaban J connectivity index is 1.19. The predicted molar refractivity (Wildman–Crippen MR) is 135 cm³/mol. The number of rotatable bonds is 8. The van der Waals surface area contributed by atoms with Gasteiger partial charge in [0.1, 0.15) is 29.9 Å². The molecule has 2 aliphatic rings. The first-order valence-corrected chi connectivity index (χ1v) is 12.4. The molecule has 1 aliphatic heterocycles. The number of hydrogen-bond donors (Lipinski definition) is 2. The zero-order valence-electron chi connectivity index (χ0n) is 20.2. The van der Waals surface area contributed by atoms with Crippen LogP contribution in [0.1, 0.15) is 36.2 Å². The molecule has 1 aliphatic carbocycles. The van der Waals surface area contributed by atoms with Crippen LogP contribution in [0.4, 0.5) is 5.82 Å². The number of nitrogens with zero attached hydrogens (tertiary/aromatic N) is 5. The molecular weight excluding hydrogens is 458 g/mol. The third-order valence-corrected chi connectivity index (χ3v) is 7.27. The highest BCUT2D eigenvalue weighted by molar-refractivity contribution is 5.97. The second kappa shape index (κ2) is 9.69. The number of methoxy groups -OCH3 is 1. The van der Waals surface area contributed by atoms with Crippen molar-refractivity contribution in [2.24, 2.45) is 5.92 Å². The summed E-state index contributed by atoms with van der Waals surface area (Å²) >= 11 is 0.